The van der Waals surface area contributed by atoms with E-state index in [1.807, 2.05) is 43.3 Å². The van der Waals surface area contributed by atoms with Crippen LogP contribution in [0.15, 0.2) is 29.3 Å². The number of hydrogen-bond acceptors (Lipinski definition) is 5. The Morgan fingerprint density at radius 3 is 2.67 bits per heavy atom. The van der Waals surface area contributed by atoms with Crippen molar-refractivity contribution in [2.75, 3.05) is 26.2 Å². The van der Waals surface area contributed by atoms with Crippen molar-refractivity contribution < 1.29 is 4.79 Å². The Balaban J connectivity index is 1.53. The second-order valence-electron chi connectivity index (χ2n) is 7.10. The maximum absolute atomic E-state index is 12.7. The van der Waals surface area contributed by atoms with E-state index in [0.717, 1.165) is 50.4 Å². The summed E-state index contributed by atoms with van der Waals surface area (Å²) in [5.41, 5.74) is 3.41. The minimum atomic E-state index is -0.332. The second-order valence-corrected chi connectivity index (χ2v) is 7.10. The molecule has 0 aromatic carbocycles. The van der Waals surface area contributed by atoms with Crippen LogP contribution in [0.2, 0.25) is 0 Å². The number of H-pyrrole nitrogens is 1. The van der Waals surface area contributed by atoms with Crippen LogP contribution in [-0.2, 0) is 17.8 Å². The van der Waals surface area contributed by atoms with Crippen LogP contribution in [0.4, 0.5) is 0 Å². The van der Waals surface area contributed by atoms with E-state index >= 15 is 0 Å². The van der Waals surface area contributed by atoms with Crippen LogP contribution in [0.3, 0.4) is 0 Å². The van der Waals surface area contributed by atoms with Crippen LogP contribution in [-0.4, -0.2) is 56.8 Å². The predicted molar refractivity (Wildman–Crippen MR) is 103 cm³/mol. The third-order valence-electron chi connectivity index (χ3n) is 5.14. The first-order valence-corrected chi connectivity index (χ1v) is 9.48. The Hall–Kier alpha value is -2.54. The molecule has 2 aromatic rings. The number of amides is 1. The SMILES string of the molecule is Cc1nc(=O)[nH]c(C)c1CCC(=O)N1CCCN(Cc2ccncc2)CC1. The molecule has 1 N–H and O–H groups in total. The van der Waals surface area contributed by atoms with Crippen LogP contribution >= 0.6 is 0 Å². The average Bonchev–Trinajstić information content (AvgIpc) is 2.87. The fourth-order valence-corrected chi connectivity index (χ4v) is 3.64. The van der Waals surface area contributed by atoms with Gasteiger partial charge in [0.2, 0.25) is 5.91 Å². The molecule has 1 saturated heterocycles. The molecule has 1 amide bonds. The number of aromatic amines is 1. The molecule has 7 nitrogen and oxygen atoms in total. The minimum Gasteiger partial charge on any atom is -0.341 e. The summed E-state index contributed by atoms with van der Waals surface area (Å²) in [6.07, 6.45) is 5.67. The van der Waals surface area contributed by atoms with Gasteiger partial charge in [-0.15, -0.1) is 0 Å². The predicted octanol–water partition coefficient (Wildman–Crippen LogP) is 1.45. The Kier molecular flexibility index (Phi) is 6.34. The van der Waals surface area contributed by atoms with Gasteiger partial charge in [0.05, 0.1) is 0 Å². The lowest BCUT2D eigenvalue weighted by atomic mass is 10.1. The summed E-state index contributed by atoms with van der Waals surface area (Å²) < 4.78 is 0. The molecule has 3 rings (SSSR count). The van der Waals surface area contributed by atoms with Gasteiger partial charge in [-0.3, -0.25) is 14.7 Å². The molecule has 0 atom stereocenters. The summed E-state index contributed by atoms with van der Waals surface area (Å²) in [7, 11) is 0. The van der Waals surface area contributed by atoms with Gasteiger partial charge in [0.25, 0.3) is 0 Å². The van der Waals surface area contributed by atoms with Gasteiger partial charge in [0.1, 0.15) is 0 Å². The molecule has 1 fully saturated rings. The highest BCUT2D eigenvalue weighted by molar-refractivity contribution is 5.76. The summed E-state index contributed by atoms with van der Waals surface area (Å²) in [6, 6.07) is 4.08. The number of pyridine rings is 1. The van der Waals surface area contributed by atoms with Crippen LogP contribution in [0.5, 0.6) is 0 Å². The van der Waals surface area contributed by atoms with E-state index in [-0.39, 0.29) is 11.6 Å². The van der Waals surface area contributed by atoms with Crippen LogP contribution in [0, 0.1) is 13.8 Å². The molecule has 7 heteroatoms. The Labute approximate surface area is 159 Å². The number of hydrogen-bond donors (Lipinski definition) is 1. The number of rotatable bonds is 5. The first-order valence-electron chi connectivity index (χ1n) is 9.48. The van der Waals surface area contributed by atoms with Gasteiger partial charge in [0.15, 0.2) is 0 Å². The molecule has 27 heavy (non-hydrogen) atoms. The lowest BCUT2D eigenvalue weighted by Crippen LogP contribution is -2.35. The van der Waals surface area contributed by atoms with E-state index in [1.165, 1.54) is 5.56 Å². The van der Waals surface area contributed by atoms with Crippen molar-refractivity contribution in [3.63, 3.8) is 0 Å². The molecule has 0 radical (unpaired) electrons. The zero-order valence-electron chi connectivity index (χ0n) is 16.1. The molecule has 1 aliphatic rings. The van der Waals surface area contributed by atoms with Gasteiger partial charge >= 0.3 is 5.69 Å². The highest BCUT2D eigenvalue weighted by atomic mass is 16.2. The number of carbonyl (C=O) groups is 1. The van der Waals surface area contributed by atoms with Crippen molar-refractivity contribution in [2.45, 2.75) is 39.7 Å². The lowest BCUT2D eigenvalue weighted by Gasteiger charge is -2.22. The number of nitrogens with one attached hydrogen (secondary N) is 1. The first kappa shape index (κ1) is 19.2. The number of aryl methyl sites for hydroxylation is 2. The maximum Gasteiger partial charge on any atom is 0.345 e. The zero-order chi connectivity index (χ0) is 19.2. The van der Waals surface area contributed by atoms with E-state index in [9.17, 15) is 9.59 Å². The monoisotopic (exact) mass is 369 g/mol. The van der Waals surface area contributed by atoms with Gasteiger partial charge in [0, 0.05) is 62.9 Å². The van der Waals surface area contributed by atoms with Crippen molar-refractivity contribution in [1.82, 2.24) is 24.8 Å². The van der Waals surface area contributed by atoms with Crippen LogP contribution in [0.1, 0.15) is 35.4 Å². The van der Waals surface area contributed by atoms with E-state index in [0.29, 0.717) is 18.5 Å². The molecular weight excluding hydrogens is 342 g/mol. The summed E-state index contributed by atoms with van der Waals surface area (Å²) in [5, 5.41) is 0. The highest BCUT2D eigenvalue weighted by Gasteiger charge is 2.19. The molecule has 144 valence electrons. The number of carbonyl (C=O) groups excluding carboxylic acids is 1. The van der Waals surface area contributed by atoms with E-state index in [4.69, 9.17) is 0 Å². The summed E-state index contributed by atoms with van der Waals surface area (Å²) in [5.74, 6) is 0.172. The van der Waals surface area contributed by atoms with E-state index in [2.05, 4.69) is 19.9 Å². The Morgan fingerprint density at radius 2 is 1.93 bits per heavy atom. The summed E-state index contributed by atoms with van der Waals surface area (Å²) >= 11 is 0. The minimum absolute atomic E-state index is 0.172. The van der Waals surface area contributed by atoms with Crippen molar-refractivity contribution >= 4 is 5.91 Å². The highest BCUT2D eigenvalue weighted by Crippen LogP contribution is 2.13. The fraction of sp³-hybridized carbons (Fsp3) is 0.500. The molecule has 0 bridgehead atoms. The smallest absolute Gasteiger partial charge is 0.341 e. The van der Waals surface area contributed by atoms with Crippen LogP contribution < -0.4 is 5.69 Å². The molecule has 2 aromatic heterocycles. The summed E-state index contributed by atoms with van der Waals surface area (Å²) in [4.78, 5) is 39.2. The fourth-order valence-electron chi connectivity index (χ4n) is 3.64. The van der Waals surface area contributed by atoms with Crippen molar-refractivity contribution in [2.24, 2.45) is 0 Å². The molecule has 0 unspecified atom stereocenters. The zero-order valence-corrected chi connectivity index (χ0v) is 16.1. The third kappa shape index (κ3) is 5.23. The largest absolute Gasteiger partial charge is 0.345 e. The van der Waals surface area contributed by atoms with Crippen molar-refractivity contribution in [3.05, 3.63) is 57.5 Å². The van der Waals surface area contributed by atoms with Gasteiger partial charge < -0.3 is 9.88 Å². The normalized spacial score (nSPS) is 15.6. The van der Waals surface area contributed by atoms with E-state index < -0.39 is 0 Å². The number of aromatic nitrogens is 3. The molecule has 1 aliphatic heterocycles. The standard InChI is InChI=1S/C20H27N5O2/c1-15-18(16(2)23-20(27)22-15)4-5-19(26)25-11-3-10-24(12-13-25)14-17-6-8-21-9-7-17/h6-9H,3-5,10-14H2,1-2H3,(H,22,23,27). The third-order valence-corrected chi connectivity index (χ3v) is 5.14. The number of nitrogens with zero attached hydrogens (tertiary/aromatic N) is 4. The van der Waals surface area contributed by atoms with Gasteiger partial charge in [-0.2, -0.15) is 4.98 Å². The Bertz CT molecular complexity index is 808. The van der Waals surface area contributed by atoms with Crippen LogP contribution in [0.25, 0.3) is 0 Å². The molecule has 0 aliphatic carbocycles. The quantitative estimate of drug-likeness (QED) is 0.863. The Morgan fingerprint density at radius 1 is 1.15 bits per heavy atom. The summed E-state index contributed by atoms with van der Waals surface area (Å²) in [6.45, 7) is 8.01. The maximum atomic E-state index is 12.7. The lowest BCUT2D eigenvalue weighted by molar-refractivity contribution is -0.131. The second kappa shape index (κ2) is 8.90. The van der Waals surface area contributed by atoms with Gasteiger partial charge in [-0.05, 0) is 49.9 Å². The van der Waals surface area contributed by atoms with Crippen molar-refractivity contribution in [1.29, 1.82) is 0 Å². The molecule has 0 spiro atoms. The average molecular weight is 369 g/mol. The first-order chi connectivity index (χ1) is 13.0. The van der Waals surface area contributed by atoms with Gasteiger partial charge in [-0.1, -0.05) is 0 Å². The topological polar surface area (TPSA) is 82.2 Å². The molecular formula is C20H27N5O2. The van der Waals surface area contributed by atoms with Gasteiger partial charge in [-0.25, -0.2) is 4.79 Å². The molecule has 3 heterocycles. The van der Waals surface area contributed by atoms with E-state index in [1.54, 1.807) is 0 Å². The van der Waals surface area contributed by atoms with Crippen molar-refractivity contribution in [3.8, 4) is 0 Å². The molecule has 0 saturated carbocycles.